The number of rotatable bonds is 6. The minimum atomic E-state index is 0.292. The fraction of sp³-hybridized carbons (Fsp3) is 0.917. The van der Waals surface area contributed by atoms with Crippen molar-refractivity contribution in [3.05, 3.63) is 0 Å². The quantitative estimate of drug-likeness (QED) is 0.727. The molecule has 4 nitrogen and oxygen atoms in total. The number of nitrogens with zero attached hydrogens (tertiary/aromatic N) is 1. The van der Waals surface area contributed by atoms with Crippen LogP contribution in [0.2, 0.25) is 0 Å². The minimum absolute atomic E-state index is 0.292. The van der Waals surface area contributed by atoms with E-state index in [1.54, 1.807) is 0 Å². The van der Waals surface area contributed by atoms with Crippen molar-refractivity contribution in [2.75, 3.05) is 26.3 Å². The number of nitrogens with two attached hydrogens (primary N) is 1. The van der Waals surface area contributed by atoms with Gasteiger partial charge in [-0.25, -0.2) is 0 Å². The van der Waals surface area contributed by atoms with Crippen LogP contribution >= 0.6 is 0 Å². The van der Waals surface area contributed by atoms with Crippen LogP contribution in [0.3, 0.4) is 0 Å². The van der Waals surface area contributed by atoms with Crippen LogP contribution in [-0.2, 0) is 9.53 Å². The smallest absolute Gasteiger partial charge is 0.222 e. The molecule has 1 aliphatic carbocycles. The van der Waals surface area contributed by atoms with Gasteiger partial charge in [-0.05, 0) is 32.2 Å². The SMILES string of the molecule is NCCCC(=O)N(CC1CCOC1)C1CC1. The lowest BCUT2D eigenvalue weighted by atomic mass is 10.1. The number of ether oxygens (including phenoxy) is 1. The number of amides is 1. The van der Waals surface area contributed by atoms with Crippen LogP contribution in [0.15, 0.2) is 0 Å². The molecule has 1 saturated heterocycles. The van der Waals surface area contributed by atoms with Gasteiger partial charge in [-0.15, -0.1) is 0 Å². The van der Waals surface area contributed by atoms with Crippen LogP contribution in [0.1, 0.15) is 32.1 Å². The maximum absolute atomic E-state index is 12.0. The molecule has 0 aromatic rings. The third kappa shape index (κ3) is 3.19. The molecule has 92 valence electrons. The Morgan fingerprint density at radius 1 is 1.38 bits per heavy atom. The molecule has 2 N–H and O–H groups in total. The fourth-order valence-corrected chi connectivity index (χ4v) is 2.24. The summed E-state index contributed by atoms with van der Waals surface area (Å²) in [6.07, 6.45) is 4.89. The Labute approximate surface area is 97.1 Å². The number of carbonyl (C=O) groups is 1. The Bertz CT molecular complexity index is 235. The maximum atomic E-state index is 12.0. The van der Waals surface area contributed by atoms with Gasteiger partial charge in [-0.1, -0.05) is 0 Å². The zero-order valence-corrected chi connectivity index (χ0v) is 9.86. The Hall–Kier alpha value is -0.610. The van der Waals surface area contributed by atoms with Crippen LogP contribution in [0.25, 0.3) is 0 Å². The van der Waals surface area contributed by atoms with E-state index in [0.29, 0.717) is 30.8 Å². The molecule has 0 spiro atoms. The summed E-state index contributed by atoms with van der Waals surface area (Å²) < 4.78 is 5.36. The second-order valence-corrected chi connectivity index (χ2v) is 4.90. The zero-order chi connectivity index (χ0) is 11.4. The summed E-state index contributed by atoms with van der Waals surface area (Å²) in [5, 5.41) is 0. The molecule has 2 aliphatic rings. The van der Waals surface area contributed by atoms with Gasteiger partial charge in [0.25, 0.3) is 0 Å². The molecule has 0 aromatic heterocycles. The molecular formula is C12H22N2O2. The van der Waals surface area contributed by atoms with Gasteiger partial charge in [0, 0.05) is 31.5 Å². The molecule has 1 aliphatic heterocycles. The minimum Gasteiger partial charge on any atom is -0.381 e. The van der Waals surface area contributed by atoms with E-state index in [4.69, 9.17) is 10.5 Å². The molecule has 0 bridgehead atoms. The van der Waals surface area contributed by atoms with Crippen molar-refractivity contribution in [2.24, 2.45) is 11.7 Å². The molecule has 4 heteroatoms. The molecule has 1 unspecified atom stereocenters. The van der Waals surface area contributed by atoms with Crippen molar-refractivity contribution >= 4 is 5.91 Å². The molecule has 0 radical (unpaired) electrons. The summed E-state index contributed by atoms with van der Waals surface area (Å²) >= 11 is 0. The van der Waals surface area contributed by atoms with Gasteiger partial charge >= 0.3 is 0 Å². The summed E-state index contributed by atoms with van der Waals surface area (Å²) in [6.45, 7) is 3.19. The van der Waals surface area contributed by atoms with E-state index in [2.05, 4.69) is 4.90 Å². The van der Waals surface area contributed by atoms with Crippen molar-refractivity contribution < 1.29 is 9.53 Å². The average molecular weight is 226 g/mol. The van der Waals surface area contributed by atoms with Crippen molar-refractivity contribution in [2.45, 2.75) is 38.1 Å². The van der Waals surface area contributed by atoms with Crippen molar-refractivity contribution in [3.63, 3.8) is 0 Å². The zero-order valence-electron chi connectivity index (χ0n) is 9.86. The first kappa shape index (κ1) is 11.9. The predicted octanol–water partition coefficient (Wildman–Crippen LogP) is 0.753. The lowest BCUT2D eigenvalue weighted by molar-refractivity contribution is -0.132. The van der Waals surface area contributed by atoms with Gasteiger partial charge in [0.2, 0.25) is 5.91 Å². The van der Waals surface area contributed by atoms with E-state index < -0.39 is 0 Å². The van der Waals surface area contributed by atoms with Crippen molar-refractivity contribution in [1.82, 2.24) is 4.90 Å². The van der Waals surface area contributed by atoms with Crippen LogP contribution < -0.4 is 5.73 Å². The first-order valence-electron chi connectivity index (χ1n) is 6.38. The normalized spacial score (nSPS) is 24.7. The Morgan fingerprint density at radius 3 is 2.75 bits per heavy atom. The van der Waals surface area contributed by atoms with Gasteiger partial charge < -0.3 is 15.4 Å². The Morgan fingerprint density at radius 2 is 2.19 bits per heavy atom. The molecule has 1 saturated carbocycles. The Kier molecular flexibility index (Phi) is 4.18. The number of hydrogen-bond donors (Lipinski definition) is 1. The summed E-state index contributed by atoms with van der Waals surface area (Å²) in [4.78, 5) is 14.1. The van der Waals surface area contributed by atoms with Gasteiger partial charge in [0.1, 0.15) is 0 Å². The van der Waals surface area contributed by atoms with Gasteiger partial charge in [0.05, 0.1) is 6.61 Å². The van der Waals surface area contributed by atoms with E-state index in [1.165, 1.54) is 12.8 Å². The first-order valence-corrected chi connectivity index (χ1v) is 6.38. The van der Waals surface area contributed by atoms with E-state index >= 15 is 0 Å². The third-order valence-corrected chi connectivity index (χ3v) is 3.38. The van der Waals surface area contributed by atoms with E-state index in [-0.39, 0.29) is 0 Å². The summed E-state index contributed by atoms with van der Waals surface area (Å²) in [7, 11) is 0. The van der Waals surface area contributed by atoms with Gasteiger partial charge in [0.15, 0.2) is 0 Å². The highest BCUT2D eigenvalue weighted by atomic mass is 16.5. The van der Waals surface area contributed by atoms with Crippen LogP contribution in [0, 0.1) is 5.92 Å². The predicted molar refractivity (Wildman–Crippen MR) is 61.9 cm³/mol. The molecule has 2 fully saturated rings. The molecule has 16 heavy (non-hydrogen) atoms. The van der Waals surface area contributed by atoms with E-state index in [0.717, 1.165) is 32.6 Å². The highest BCUT2D eigenvalue weighted by Gasteiger charge is 2.34. The van der Waals surface area contributed by atoms with Crippen LogP contribution in [0.4, 0.5) is 0 Å². The average Bonchev–Trinajstić information content (AvgIpc) is 3.00. The lowest BCUT2D eigenvalue weighted by Crippen LogP contribution is -2.37. The van der Waals surface area contributed by atoms with Crippen LogP contribution in [-0.4, -0.2) is 43.2 Å². The van der Waals surface area contributed by atoms with Crippen molar-refractivity contribution in [3.8, 4) is 0 Å². The lowest BCUT2D eigenvalue weighted by Gasteiger charge is -2.25. The largest absolute Gasteiger partial charge is 0.381 e. The maximum Gasteiger partial charge on any atom is 0.222 e. The first-order chi connectivity index (χ1) is 7.81. The molecule has 2 rings (SSSR count). The molecule has 1 atom stereocenters. The standard InChI is InChI=1S/C12H22N2O2/c13-6-1-2-12(15)14(11-3-4-11)8-10-5-7-16-9-10/h10-11H,1-9,13H2. The molecule has 0 aromatic carbocycles. The monoisotopic (exact) mass is 226 g/mol. The van der Waals surface area contributed by atoms with Crippen LogP contribution in [0.5, 0.6) is 0 Å². The topological polar surface area (TPSA) is 55.6 Å². The molecule has 1 heterocycles. The summed E-state index contributed by atoms with van der Waals surface area (Å²) in [5.41, 5.74) is 5.44. The van der Waals surface area contributed by atoms with Gasteiger partial charge in [-0.2, -0.15) is 0 Å². The second-order valence-electron chi connectivity index (χ2n) is 4.90. The Balaban J connectivity index is 1.81. The summed E-state index contributed by atoms with van der Waals surface area (Å²) in [5.74, 6) is 0.849. The van der Waals surface area contributed by atoms with E-state index in [1.807, 2.05) is 0 Å². The fourth-order valence-electron chi connectivity index (χ4n) is 2.24. The third-order valence-electron chi connectivity index (χ3n) is 3.38. The molecule has 1 amide bonds. The van der Waals surface area contributed by atoms with Crippen molar-refractivity contribution in [1.29, 1.82) is 0 Å². The summed E-state index contributed by atoms with van der Waals surface area (Å²) in [6, 6.07) is 0.519. The highest BCUT2D eigenvalue weighted by Crippen LogP contribution is 2.29. The second kappa shape index (κ2) is 5.64. The molecular weight excluding hydrogens is 204 g/mol. The van der Waals surface area contributed by atoms with Gasteiger partial charge in [-0.3, -0.25) is 4.79 Å². The number of hydrogen-bond acceptors (Lipinski definition) is 3. The van der Waals surface area contributed by atoms with E-state index in [9.17, 15) is 4.79 Å². The highest BCUT2D eigenvalue weighted by molar-refractivity contribution is 5.76. The number of carbonyl (C=O) groups excluding carboxylic acids is 1.